The number of nitrogens with two attached hydrogens (primary N) is 1. The highest BCUT2D eigenvalue weighted by atomic mass is 16.5. The summed E-state index contributed by atoms with van der Waals surface area (Å²) in [5.41, 5.74) is 6.99. The number of aliphatic hydroxyl groups is 1. The van der Waals surface area contributed by atoms with Gasteiger partial charge in [0.05, 0.1) is 11.5 Å². The fourth-order valence-corrected chi connectivity index (χ4v) is 2.37. The Morgan fingerprint density at radius 1 is 1.32 bits per heavy atom. The number of hydrogen-bond donors (Lipinski definition) is 2. The van der Waals surface area contributed by atoms with Gasteiger partial charge in [0.1, 0.15) is 0 Å². The van der Waals surface area contributed by atoms with Crippen molar-refractivity contribution in [3.8, 4) is 0 Å². The molecule has 1 aromatic heterocycles. The van der Waals surface area contributed by atoms with Crippen molar-refractivity contribution in [2.75, 3.05) is 6.61 Å². The lowest BCUT2D eigenvalue weighted by Crippen LogP contribution is -2.14. The van der Waals surface area contributed by atoms with Crippen molar-refractivity contribution in [2.45, 2.75) is 30.7 Å². The minimum absolute atomic E-state index is 0.0166. The SMILES string of the molecule is NC(CCO)c1nc(C2(c3ccccc3)CC2)no1. The summed E-state index contributed by atoms with van der Waals surface area (Å²) in [6, 6.07) is 9.84. The molecule has 1 unspecified atom stereocenters. The summed E-state index contributed by atoms with van der Waals surface area (Å²) < 4.78 is 5.23. The van der Waals surface area contributed by atoms with E-state index < -0.39 is 6.04 Å². The first-order valence-electron chi connectivity index (χ1n) is 6.52. The zero-order valence-electron chi connectivity index (χ0n) is 10.6. The van der Waals surface area contributed by atoms with Gasteiger partial charge in [-0.15, -0.1) is 0 Å². The zero-order chi connectivity index (χ0) is 13.3. The molecule has 1 aliphatic rings. The van der Waals surface area contributed by atoms with Crippen LogP contribution in [-0.2, 0) is 5.41 Å². The van der Waals surface area contributed by atoms with E-state index in [1.165, 1.54) is 5.56 Å². The number of aliphatic hydroxyl groups excluding tert-OH is 1. The van der Waals surface area contributed by atoms with Gasteiger partial charge < -0.3 is 15.4 Å². The van der Waals surface area contributed by atoms with Crippen LogP contribution in [0.5, 0.6) is 0 Å². The highest BCUT2D eigenvalue weighted by Gasteiger charge is 2.50. The summed E-state index contributed by atoms with van der Waals surface area (Å²) in [4.78, 5) is 4.43. The molecule has 3 N–H and O–H groups in total. The average molecular weight is 259 g/mol. The number of aromatic nitrogens is 2. The van der Waals surface area contributed by atoms with Crippen LogP contribution >= 0.6 is 0 Å². The van der Waals surface area contributed by atoms with Crippen molar-refractivity contribution < 1.29 is 9.63 Å². The Kier molecular flexibility index (Phi) is 3.08. The number of benzene rings is 1. The first-order chi connectivity index (χ1) is 9.26. The lowest BCUT2D eigenvalue weighted by molar-refractivity contribution is 0.259. The minimum Gasteiger partial charge on any atom is -0.396 e. The molecule has 0 radical (unpaired) electrons. The Morgan fingerprint density at radius 2 is 2.05 bits per heavy atom. The largest absolute Gasteiger partial charge is 0.396 e. The van der Waals surface area contributed by atoms with Crippen LogP contribution in [0.3, 0.4) is 0 Å². The minimum atomic E-state index is -0.391. The van der Waals surface area contributed by atoms with Crippen LogP contribution in [0.15, 0.2) is 34.9 Å². The van der Waals surface area contributed by atoms with Gasteiger partial charge in [0.15, 0.2) is 5.82 Å². The third-order valence-electron chi connectivity index (χ3n) is 3.70. The molecular formula is C14H17N3O2. The molecule has 100 valence electrons. The molecule has 0 bridgehead atoms. The fraction of sp³-hybridized carbons (Fsp3) is 0.429. The first-order valence-corrected chi connectivity index (χ1v) is 6.52. The van der Waals surface area contributed by atoms with Gasteiger partial charge in [-0.25, -0.2) is 0 Å². The van der Waals surface area contributed by atoms with E-state index in [0.717, 1.165) is 12.8 Å². The van der Waals surface area contributed by atoms with Crippen LogP contribution < -0.4 is 5.73 Å². The summed E-state index contributed by atoms with van der Waals surface area (Å²) in [7, 11) is 0. The summed E-state index contributed by atoms with van der Waals surface area (Å²) in [5, 5.41) is 13.0. The molecule has 1 atom stereocenters. The topological polar surface area (TPSA) is 85.2 Å². The highest BCUT2D eigenvalue weighted by Crippen LogP contribution is 2.52. The van der Waals surface area contributed by atoms with Crippen molar-refractivity contribution in [2.24, 2.45) is 5.73 Å². The molecule has 0 aliphatic heterocycles. The third-order valence-corrected chi connectivity index (χ3v) is 3.70. The van der Waals surface area contributed by atoms with E-state index in [4.69, 9.17) is 15.4 Å². The molecule has 0 spiro atoms. The van der Waals surface area contributed by atoms with Gasteiger partial charge in [-0.05, 0) is 24.8 Å². The Hall–Kier alpha value is -1.72. The molecule has 1 aromatic carbocycles. The second kappa shape index (κ2) is 4.75. The predicted molar refractivity (Wildman–Crippen MR) is 69.4 cm³/mol. The smallest absolute Gasteiger partial charge is 0.243 e. The maximum atomic E-state index is 8.89. The number of nitrogens with zero attached hydrogens (tertiary/aromatic N) is 2. The molecule has 1 heterocycles. The summed E-state index contributed by atoms with van der Waals surface area (Å²) in [6.07, 6.45) is 2.50. The molecule has 1 aliphatic carbocycles. The molecule has 3 rings (SSSR count). The van der Waals surface area contributed by atoms with Crippen LogP contribution in [0.4, 0.5) is 0 Å². The van der Waals surface area contributed by atoms with Crippen molar-refractivity contribution in [3.05, 3.63) is 47.6 Å². The van der Waals surface area contributed by atoms with Gasteiger partial charge in [0.25, 0.3) is 0 Å². The molecule has 5 nitrogen and oxygen atoms in total. The van der Waals surface area contributed by atoms with Crippen molar-refractivity contribution >= 4 is 0 Å². The monoisotopic (exact) mass is 259 g/mol. The third kappa shape index (κ3) is 2.15. The van der Waals surface area contributed by atoms with Crippen LogP contribution in [0, 0.1) is 0 Å². The maximum absolute atomic E-state index is 8.89. The quantitative estimate of drug-likeness (QED) is 0.850. The standard InChI is InChI=1S/C14H17N3O2/c15-11(6-9-18)12-16-13(17-19-12)14(7-8-14)10-4-2-1-3-5-10/h1-5,11,18H,6-9,15H2. The van der Waals surface area contributed by atoms with Gasteiger partial charge in [0, 0.05) is 6.61 Å². The molecule has 5 heteroatoms. The van der Waals surface area contributed by atoms with Crippen molar-refractivity contribution in [1.29, 1.82) is 0 Å². The van der Waals surface area contributed by atoms with E-state index in [0.29, 0.717) is 18.1 Å². The predicted octanol–water partition coefficient (Wildman–Crippen LogP) is 1.53. The second-order valence-electron chi connectivity index (χ2n) is 5.02. The summed E-state index contributed by atoms with van der Waals surface area (Å²) in [5.74, 6) is 1.12. The molecule has 1 fully saturated rings. The van der Waals surface area contributed by atoms with Gasteiger partial charge >= 0.3 is 0 Å². The molecule has 1 saturated carbocycles. The van der Waals surface area contributed by atoms with Crippen LogP contribution in [0.1, 0.15) is 42.6 Å². The van der Waals surface area contributed by atoms with Gasteiger partial charge in [-0.2, -0.15) is 4.98 Å². The lowest BCUT2D eigenvalue weighted by Gasteiger charge is -2.10. The maximum Gasteiger partial charge on any atom is 0.243 e. The van der Waals surface area contributed by atoms with Crippen LogP contribution in [-0.4, -0.2) is 21.9 Å². The van der Waals surface area contributed by atoms with Crippen molar-refractivity contribution in [1.82, 2.24) is 10.1 Å². The molecule has 0 amide bonds. The van der Waals surface area contributed by atoms with Crippen LogP contribution in [0.2, 0.25) is 0 Å². The van der Waals surface area contributed by atoms with Gasteiger partial charge in [-0.1, -0.05) is 35.5 Å². The average Bonchev–Trinajstić information content (AvgIpc) is 3.10. The molecular weight excluding hydrogens is 242 g/mol. The van der Waals surface area contributed by atoms with E-state index in [9.17, 15) is 0 Å². The summed E-state index contributed by atoms with van der Waals surface area (Å²) in [6.45, 7) is 0.0166. The van der Waals surface area contributed by atoms with E-state index >= 15 is 0 Å². The second-order valence-corrected chi connectivity index (χ2v) is 5.02. The van der Waals surface area contributed by atoms with Gasteiger partial charge in [-0.3, -0.25) is 0 Å². The molecule has 2 aromatic rings. The van der Waals surface area contributed by atoms with E-state index in [1.807, 2.05) is 18.2 Å². The Labute approximate surface area is 111 Å². The lowest BCUT2D eigenvalue weighted by atomic mass is 9.95. The Bertz CT molecular complexity index is 549. The normalized spacial score (nSPS) is 18.2. The van der Waals surface area contributed by atoms with E-state index in [2.05, 4.69) is 22.3 Å². The van der Waals surface area contributed by atoms with Crippen LogP contribution in [0.25, 0.3) is 0 Å². The first kappa shape index (κ1) is 12.3. The van der Waals surface area contributed by atoms with E-state index in [-0.39, 0.29) is 12.0 Å². The van der Waals surface area contributed by atoms with Crippen molar-refractivity contribution in [3.63, 3.8) is 0 Å². The van der Waals surface area contributed by atoms with E-state index in [1.54, 1.807) is 0 Å². The fourth-order valence-electron chi connectivity index (χ4n) is 2.37. The number of rotatable bonds is 5. The van der Waals surface area contributed by atoms with Gasteiger partial charge in [0.2, 0.25) is 5.89 Å². The highest BCUT2D eigenvalue weighted by molar-refractivity contribution is 5.38. The molecule has 0 saturated heterocycles. The molecule has 19 heavy (non-hydrogen) atoms. The zero-order valence-corrected chi connectivity index (χ0v) is 10.6. The number of hydrogen-bond acceptors (Lipinski definition) is 5. The summed E-state index contributed by atoms with van der Waals surface area (Å²) >= 11 is 0. The Morgan fingerprint density at radius 3 is 2.68 bits per heavy atom. The Balaban J connectivity index is 1.87.